The Kier molecular flexibility index (Phi) is 6.61. The Bertz CT molecular complexity index is 799. The topological polar surface area (TPSA) is 26.3 Å². The molecule has 0 saturated heterocycles. The number of carbonyl (C=O) groups is 1. The van der Waals surface area contributed by atoms with Crippen molar-refractivity contribution < 1.29 is 9.53 Å². The van der Waals surface area contributed by atoms with Crippen molar-refractivity contribution in [3.05, 3.63) is 34.4 Å². The van der Waals surface area contributed by atoms with Crippen LogP contribution in [0.4, 0.5) is 0 Å². The second-order valence-corrected chi connectivity index (χ2v) is 10.2. The van der Waals surface area contributed by atoms with Crippen molar-refractivity contribution in [2.75, 3.05) is 0 Å². The van der Waals surface area contributed by atoms with Gasteiger partial charge in [0.25, 0.3) is 0 Å². The van der Waals surface area contributed by atoms with E-state index in [9.17, 15) is 4.79 Å². The normalized spacial score (nSPS) is 22.4. The van der Waals surface area contributed by atoms with Crippen LogP contribution in [0, 0.1) is 11.8 Å². The molecule has 0 aromatic heterocycles. The summed E-state index contributed by atoms with van der Waals surface area (Å²) in [5.74, 6) is 2.76. The Hall–Kier alpha value is -1.57. The van der Waals surface area contributed by atoms with Gasteiger partial charge in [-0.1, -0.05) is 53.4 Å². The van der Waals surface area contributed by atoms with Crippen LogP contribution in [0.1, 0.15) is 121 Å². The summed E-state index contributed by atoms with van der Waals surface area (Å²) in [5, 5.41) is 0. The van der Waals surface area contributed by atoms with E-state index in [1.165, 1.54) is 48.8 Å². The minimum atomic E-state index is -0.287. The summed E-state index contributed by atoms with van der Waals surface area (Å²) in [4.78, 5) is 12.7. The molecule has 2 nitrogen and oxygen atoms in total. The van der Waals surface area contributed by atoms with Gasteiger partial charge in [0.1, 0.15) is 11.4 Å². The molecule has 1 aromatic rings. The lowest BCUT2D eigenvalue weighted by molar-refractivity contribution is 0.101. The number of carbonyl (C=O) groups excluding carboxylic acids is 1. The van der Waals surface area contributed by atoms with Gasteiger partial charge in [0.2, 0.25) is 0 Å². The van der Waals surface area contributed by atoms with Crippen LogP contribution in [0.3, 0.4) is 0 Å². The fraction of sp³-hybridized carbons (Fsp3) is 0.667. The predicted molar refractivity (Wildman–Crippen MR) is 123 cm³/mol. The van der Waals surface area contributed by atoms with Gasteiger partial charge in [-0.15, -0.1) is 0 Å². The molecule has 0 spiro atoms. The maximum atomic E-state index is 12.7. The summed E-state index contributed by atoms with van der Waals surface area (Å²) in [5.41, 5.74) is 5.71. The first-order valence-corrected chi connectivity index (χ1v) is 11.8. The van der Waals surface area contributed by atoms with Crippen LogP contribution in [0.25, 0.3) is 5.57 Å². The van der Waals surface area contributed by atoms with E-state index in [0.29, 0.717) is 17.8 Å². The zero-order chi connectivity index (χ0) is 21.3. The van der Waals surface area contributed by atoms with E-state index >= 15 is 0 Å². The molecule has 1 aliphatic carbocycles. The van der Waals surface area contributed by atoms with Gasteiger partial charge in [0.05, 0.1) is 0 Å². The molecule has 0 radical (unpaired) electrons. The fourth-order valence-electron chi connectivity index (χ4n) is 5.23. The minimum Gasteiger partial charge on any atom is -0.483 e. The second-order valence-electron chi connectivity index (χ2n) is 10.2. The quantitative estimate of drug-likeness (QED) is 0.345. The van der Waals surface area contributed by atoms with E-state index in [0.717, 1.165) is 29.7 Å². The van der Waals surface area contributed by atoms with Crippen LogP contribution in [0.15, 0.2) is 17.7 Å². The number of hydrogen-bond acceptors (Lipinski definition) is 2. The standard InChI is InChI=1S/C27H40O2/c1-8-9-10-11-18(3)19(4)21-15-22(20(5)28)26-23-14-17(2)12-13-24(23)27(6,7)29-25(26)16-21/h15-19H,8-14H2,1-7H3. The molecule has 3 unspecified atom stereocenters. The van der Waals surface area contributed by atoms with E-state index in [2.05, 4.69) is 53.7 Å². The van der Waals surface area contributed by atoms with Crippen molar-refractivity contribution in [2.24, 2.45) is 11.8 Å². The fourth-order valence-corrected chi connectivity index (χ4v) is 5.23. The van der Waals surface area contributed by atoms with Crippen molar-refractivity contribution in [3.63, 3.8) is 0 Å². The number of ether oxygens (including phenoxy) is 1. The first kappa shape index (κ1) is 22.1. The van der Waals surface area contributed by atoms with E-state index in [1.54, 1.807) is 6.92 Å². The molecule has 2 aliphatic rings. The third-order valence-electron chi connectivity index (χ3n) is 7.34. The number of ketones is 1. The van der Waals surface area contributed by atoms with Gasteiger partial charge >= 0.3 is 0 Å². The van der Waals surface area contributed by atoms with Crippen molar-refractivity contribution in [3.8, 4) is 5.75 Å². The molecule has 0 bridgehead atoms. The molecule has 3 atom stereocenters. The molecule has 0 N–H and O–H groups in total. The smallest absolute Gasteiger partial charge is 0.160 e. The Morgan fingerprint density at radius 2 is 1.97 bits per heavy atom. The second kappa shape index (κ2) is 8.66. The van der Waals surface area contributed by atoms with E-state index in [-0.39, 0.29) is 11.4 Å². The number of Topliss-reactive ketones (excluding diaryl/α,β-unsaturated/α-hetero) is 1. The third-order valence-corrected chi connectivity index (χ3v) is 7.34. The predicted octanol–water partition coefficient (Wildman–Crippen LogP) is 7.95. The van der Waals surface area contributed by atoms with Gasteiger partial charge in [-0.25, -0.2) is 0 Å². The molecule has 160 valence electrons. The van der Waals surface area contributed by atoms with Crippen LogP contribution in [0.2, 0.25) is 0 Å². The summed E-state index contributed by atoms with van der Waals surface area (Å²) in [7, 11) is 0. The molecule has 0 amide bonds. The van der Waals surface area contributed by atoms with Crippen molar-refractivity contribution in [2.45, 2.75) is 105 Å². The van der Waals surface area contributed by atoms with Gasteiger partial charge in [-0.05, 0) is 86.6 Å². The maximum absolute atomic E-state index is 12.7. The van der Waals surface area contributed by atoms with Gasteiger partial charge in [0, 0.05) is 11.1 Å². The maximum Gasteiger partial charge on any atom is 0.160 e. The van der Waals surface area contributed by atoms with Crippen molar-refractivity contribution >= 4 is 11.4 Å². The molecule has 1 aromatic carbocycles. The average Bonchev–Trinajstić information content (AvgIpc) is 2.65. The molecular weight excluding hydrogens is 356 g/mol. The first-order chi connectivity index (χ1) is 13.7. The Morgan fingerprint density at radius 1 is 1.24 bits per heavy atom. The minimum absolute atomic E-state index is 0.155. The van der Waals surface area contributed by atoms with Gasteiger partial charge in [-0.3, -0.25) is 4.79 Å². The largest absolute Gasteiger partial charge is 0.483 e. The average molecular weight is 397 g/mol. The number of fused-ring (bicyclic) bond motifs is 2. The van der Waals surface area contributed by atoms with E-state index < -0.39 is 0 Å². The highest BCUT2D eigenvalue weighted by molar-refractivity contribution is 6.01. The summed E-state index contributed by atoms with van der Waals surface area (Å²) < 4.78 is 6.57. The number of unbranched alkanes of at least 4 members (excludes halogenated alkanes) is 2. The third kappa shape index (κ3) is 4.47. The van der Waals surface area contributed by atoms with Crippen LogP contribution < -0.4 is 4.74 Å². The van der Waals surface area contributed by atoms with E-state index in [4.69, 9.17) is 4.74 Å². The lowest BCUT2D eigenvalue weighted by Gasteiger charge is -2.41. The molecule has 0 fully saturated rings. The van der Waals surface area contributed by atoms with Crippen molar-refractivity contribution in [1.82, 2.24) is 0 Å². The lowest BCUT2D eigenvalue weighted by Crippen LogP contribution is -2.37. The summed E-state index contributed by atoms with van der Waals surface area (Å²) in [6.45, 7) is 15.3. The molecule has 1 heterocycles. The molecule has 2 heteroatoms. The monoisotopic (exact) mass is 396 g/mol. The zero-order valence-electron chi connectivity index (χ0n) is 19.7. The van der Waals surface area contributed by atoms with Gasteiger partial charge in [0.15, 0.2) is 5.78 Å². The van der Waals surface area contributed by atoms with Crippen LogP contribution >= 0.6 is 0 Å². The Balaban J connectivity index is 2.05. The molecule has 1 aliphatic heterocycles. The number of benzene rings is 1. The number of hydrogen-bond donors (Lipinski definition) is 0. The molecular formula is C27H40O2. The van der Waals surface area contributed by atoms with Gasteiger partial charge in [-0.2, -0.15) is 0 Å². The summed E-state index contributed by atoms with van der Waals surface area (Å²) in [6, 6.07) is 4.42. The first-order valence-electron chi connectivity index (χ1n) is 11.8. The highest BCUT2D eigenvalue weighted by atomic mass is 16.5. The van der Waals surface area contributed by atoms with Gasteiger partial charge < -0.3 is 4.74 Å². The van der Waals surface area contributed by atoms with Crippen LogP contribution in [-0.4, -0.2) is 11.4 Å². The lowest BCUT2D eigenvalue weighted by atomic mass is 9.72. The van der Waals surface area contributed by atoms with E-state index in [1.807, 2.05) is 0 Å². The summed E-state index contributed by atoms with van der Waals surface area (Å²) >= 11 is 0. The van der Waals surface area contributed by atoms with Crippen molar-refractivity contribution in [1.29, 1.82) is 0 Å². The number of rotatable bonds is 7. The Labute approximate surface area is 178 Å². The zero-order valence-corrected chi connectivity index (χ0v) is 19.7. The van der Waals surface area contributed by atoms with Crippen LogP contribution in [0.5, 0.6) is 5.75 Å². The summed E-state index contributed by atoms with van der Waals surface area (Å²) in [6.07, 6.45) is 8.41. The number of allylic oxidation sites excluding steroid dienone is 1. The molecule has 0 saturated carbocycles. The molecule has 29 heavy (non-hydrogen) atoms. The Morgan fingerprint density at radius 3 is 2.62 bits per heavy atom. The molecule has 3 rings (SSSR count). The highest BCUT2D eigenvalue weighted by Crippen LogP contribution is 2.50. The highest BCUT2D eigenvalue weighted by Gasteiger charge is 2.39. The van der Waals surface area contributed by atoms with Crippen LogP contribution in [-0.2, 0) is 0 Å². The SMILES string of the molecule is CCCCCC(C)C(C)c1cc2c(c(C(C)=O)c1)C1=C(CCC(C)C1)C(C)(C)O2.